The van der Waals surface area contributed by atoms with Crippen LogP contribution in [0.25, 0.3) is 0 Å². The summed E-state index contributed by atoms with van der Waals surface area (Å²) in [6.07, 6.45) is 1.85. The van der Waals surface area contributed by atoms with Crippen LogP contribution >= 0.6 is 0 Å². The molecule has 6 heteroatoms. The predicted octanol–water partition coefficient (Wildman–Crippen LogP) is 1.55. The van der Waals surface area contributed by atoms with Crippen molar-refractivity contribution in [1.29, 1.82) is 0 Å². The molecule has 0 spiro atoms. The number of pyridine rings is 1. The zero-order valence-corrected chi connectivity index (χ0v) is 13.3. The SMILES string of the molecule is CC(=O)[C@@H](Cc1ccccc1)NC(=O)COC(=O)c1ccccn1. The number of ketones is 1. The fourth-order valence-electron chi connectivity index (χ4n) is 2.07. The van der Waals surface area contributed by atoms with Crippen LogP contribution in [0.5, 0.6) is 0 Å². The number of ether oxygens (including phenoxy) is 1. The van der Waals surface area contributed by atoms with Crippen LogP contribution in [0.3, 0.4) is 0 Å². The van der Waals surface area contributed by atoms with Crippen LogP contribution in [0.4, 0.5) is 0 Å². The second kappa shape index (κ2) is 8.57. The average molecular weight is 326 g/mol. The van der Waals surface area contributed by atoms with Crippen LogP contribution in [-0.2, 0) is 20.7 Å². The summed E-state index contributed by atoms with van der Waals surface area (Å²) < 4.78 is 4.90. The summed E-state index contributed by atoms with van der Waals surface area (Å²) in [5, 5.41) is 2.59. The number of carbonyl (C=O) groups excluding carboxylic acids is 3. The lowest BCUT2D eigenvalue weighted by Crippen LogP contribution is -2.43. The first kappa shape index (κ1) is 17.3. The van der Waals surface area contributed by atoms with Crippen LogP contribution in [0.1, 0.15) is 23.0 Å². The van der Waals surface area contributed by atoms with Gasteiger partial charge < -0.3 is 10.1 Å². The summed E-state index contributed by atoms with van der Waals surface area (Å²) >= 11 is 0. The Kier molecular flexibility index (Phi) is 6.19. The first-order chi connectivity index (χ1) is 11.6. The normalized spacial score (nSPS) is 11.4. The quantitative estimate of drug-likeness (QED) is 0.780. The van der Waals surface area contributed by atoms with Crippen LogP contribution in [0.2, 0.25) is 0 Å². The molecule has 0 saturated heterocycles. The molecule has 124 valence electrons. The minimum absolute atomic E-state index is 0.123. The third-order valence-corrected chi connectivity index (χ3v) is 3.32. The zero-order chi connectivity index (χ0) is 17.4. The van der Waals surface area contributed by atoms with E-state index >= 15 is 0 Å². The summed E-state index contributed by atoms with van der Waals surface area (Å²) in [4.78, 5) is 39.2. The monoisotopic (exact) mass is 326 g/mol. The Morgan fingerprint density at radius 2 is 1.79 bits per heavy atom. The third kappa shape index (κ3) is 5.31. The number of amides is 1. The Balaban J connectivity index is 1.87. The van der Waals surface area contributed by atoms with E-state index in [1.54, 1.807) is 12.1 Å². The summed E-state index contributed by atoms with van der Waals surface area (Å²) in [5.74, 6) is -1.38. The van der Waals surface area contributed by atoms with Crippen LogP contribution in [-0.4, -0.2) is 35.3 Å². The number of hydrogen-bond donors (Lipinski definition) is 1. The van der Waals surface area contributed by atoms with Gasteiger partial charge in [0, 0.05) is 6.20 Å². The molecule has 1 heterocycles. The van der Waals surface area contributed by atoms with E-state index in [0.29, 0.717) is 6.42 Å². The molecule has 0 aliphatic rings. The molecule has 0 radical (unpaired) electrons. The van der Waals surface area contributed by atoms with Gasteiger partial charge in [-0.1, -0.05) is 36.4 Å². The van der Waals surface area contributed by atoms with Crippen molar-refractivity contribution < 1.29 is 19.1 Å². The molecule has 1 N–H and O–H groups in total. The number of nitrogens with zero attached hydrogens (tertiary/aromatic N) is 1. The number of nitrogens with one attached hydrogen (secondary N) is 1. The van der Waals surface area contributed by atoms with E-state index in [0.717, 1.165) is 5.56 Å². The van der Waals surface area contributed by atoms with Crippen molar-refractivity contribution in [3.05, 3.63) is 66.0 Å². The van der Waals surface area contributed by atoms with Gasteiger partial charge in [-0.05, 0) is 31.0 Å². The maximum Gasteiger partial charge on any atom is 0.357 e. The molecule has 0 unspecified atom stereocenters. The predicted molar refractivity (Wildman–Crippen MR) is 87.3 cm³/mol. The second-order valence-corrected chi connectivity index (χ2v) is 5.21. The highest BCUT2D eigenvalue weighted by Gasteiger charge is 2.19. The summed E-state index contributed by atoms with van der Waals surface area (Å²) in [6.45, 7) is 0.946. The van der Waals surface area contributed by atoms with E-state index in [1.807, 2.05) is 30.3 Å². The molecule has 0 aliphatic heterocycles. The Morgan fingerprint density at radius 1 is 1.08 bits per heavy atom. The molecule has 1 aromatic heterocycles. The number of rotatable bonds is 7. The van der Waals surface area contributed by atoms with Crippen molar-refractivity contribution in [3.63, 3.8) is 0 Å². The molecule has 24 heavy (non-hydrogen) atoms. The summed E-state index contributed by atoms with van der Waals surface area (Å²) in [5.41, 5.74) is 1.06. The van der Waals surface area contributed by atoms with Crippen molar-refractivity contribution in [2.75, 3.05) is 6.61 Å². The molecule has 0 bridgehead atoms. The van der Waals surface area contributed by atoms with Crippen molar-refractivity contribution in [2.45, 2.75) is 19.4 Å². The van der Waals surface area contributed by atoms with Crippen LogP contribution in [0.15, 0.2) is 54.7 Å². The minimum atomic E-state index is -0.687. The number of aromatic nitrogens is 1. The van der Waals surface area contributed by atoms with Gasteiger partial charge >= 0.3 is 5.97 Å². The van der Waals surface area contributed by atoms with E-state index in [1.165, 1.54) is 19.2 Å². The van der Waals surface area contributed by atoms with Crippen LogP contribution < -0.4 is 5.32 Å². The number of carbonyl (C=O) groups is 3. The number of Topliss-reactive ketones (excluding diaryl/α,β-unsaturated/α-hetero) is 1. The molecular formula is C18H18N2O4. The van der Waals surface area contributed by atoms with Gasteiger partial charge in [-0.3, -0.25) is 9.59 Å². The zero-order valence-electron chi connectivity index (χ0n) is 13.3. The largest absolute Gasteiger partial charge is 0.451 e. The first-order valence-electron chi connectivity index (χ1n) is 7.48. The van der Waals surface area contributed by atoms with Gasteiger partial charge in [-0.15, -0.1) is 0 Å². The standard InChI is InChI=1S/C18H18N2O4/c1-13(21)16(11-14-7-3-2-4-8-14)20-17(22)12-24-18(23)15-9-5-6-10-19-15/h2-10,16H,11-12H2,1H3,(H,20,22)/t16-/m1/s1. The first-order valence-corrected chi connectivity index (χ1v) is 7.48. The molecule has 0 saturated carbocycles. The van der Waals surface area contributed by atoms with E-state index in [9.17, 15) is 14.4 Å². The smallest absolute Gasteiger partial charge is 0.357 e. The van der Waals surface area contributed by atoms with Crippen molar-refractivity contribution in [2.24, 2.45) is 0 Å². The van der Waals surface area contributed by atoms with Gasteiger partial charge in [0.2, 0.25) is 0 Å². The van der Waals surface area contributed by atoms with Crippen molar-refractivity contribution >= 4 is 17.7 Å². The average Bonchev–Trinajstić information content (AvgIpc) is 2.60. The molecule has 0 aliphatic carbocycles. The van der Waals surface area contributed by atoms with Crippen molar-refractivity contribution in [1.82, 2.24) is 10.3 Å². The van der Waals surface area contributed by atoms with E-state index in [4.69, 9.17) is 4.74 Å². The summed E-state index contributed by atoms with van der Waals surface area (Å²) in [6, 6.07) is 13.5. The maximum absolute atomic E-state index is 11.9. The fraction of sp³-hybridized carbons (Fsp3) is 0.222. The third-order valence-electron chi connectivity index (χ3n) is 3.32. The topological polar surface area (TPSA) is 85.4 Å². The van der Waals surface area contributed by atoms with E-state index in [2.05, 4.69) is 10.3 Å². The highest BCUT2D eigenvalue weighted by molar-refractivity contribution is 5.91. The molecule has 1 atom stereocenters. The molecule has 0 fully saturated rings. The Hall–Kier alpha value is -3.02. The molecule has 6 nitrogen and oxygen atoms in total. The minimum Gasteiger partial charge on any atom is -0.451 e. The van der Waals surface area contributed by atoms with Gasteiger partial charge in [0.1, 0.15) is 5.69 Å². The molecule has 2 aromatic rings. The number of benzene rings is 1. The lowest BCUT2D eigenvalue weighted by atomic mass is 10.0. The molecule has 1 aromatic carbocycles. The lowest BCUT2D eigenvalue weighted by Gasteiger charge is -2.16. The Labute approximate surface area is 139 Å². The van der Waals surface area contributed by atoms with E-state index in [-0.39, 0.29) is 11.5 Å². The Bertz CT molecular complexity index is 701. The number of esters is 1. The number of hydrogen-bond acceptors (Lipinski definition) is 5. The van der Waals surface area contributed by atoms with Gasteiger partial charge in [-0.25, -0.2) is 9.78 Å². The summed E-state index contributed by atoms with van der Waals surface area (Å²) in [7, 11) is 0. The lowest BCUT2D eigenvalue weighted by molar-refractivity contribution is -0.128. The van der Waals surface area contributed by atoms with E-state index < -0.39 is 24.5 Å². The van der Waals surface area contributed by atoms with Gasteiger partial charge in [0.25, 0.3) is 5.91 Å². The van der Waals surface area contributed by atoms with Crippen LogP contribution in [0, 0.1) is 0 Å². The second-order valence-electron chi connectivity index (χ2n) is 5.21. The highest BCUT2D eigenvalue weighted by Crippen LogP contribution is 2.04. The Morgan fingerprint density at radius 3 is 2.42 bits per heavy atom. The van der Waals surface area contributed by atoms with Crippen molar-refractivity contribution in [3.8, 4) is 0 Å². The maximum atomic E-state index is 11.9. The molecular weight excluding hydrogens is 308 g/mol. The van der Waals surface area contributed by atoms with Gasteiger partial charge in [0.05, 0.1) is 6.04 Å². The van der Waals surface area contributed by atoms with Gasteiger partial charge in [0.15, 0.2) is 12.4 Å². The highest BCUT2D eigenvalue weighted by atomic mass is 16.5. The fourth-order valence-corrected chi connectivity index (χ4v) is 2.07. The molecule has 2 rings (SSSR count). The molecule has 1 amide bonds. The van der Waals surface area contributed by atoms with Gasteiger partial charge in [-0.2, -0.15) is 0 Å².